The molecule has 3 amide bonds. The van der Waals surface area contributed by atoms with Crippen molar-refractivity contribution in [3.63, 3.8) is 0 Å². The molecule has 2 atom stereocenters. The molecule has 15 heteroatoms. The number of carbonyl (C=O) groups excluding carboxylic acids is 3. The molecule has 2 aliphatic heterocycles. The molecule has 5 heterocycles. The minimum absolute atomic E-state index is 0.155. The molecule has 274 valence electrons. The van der Waals surface area contributed by atoms with Crippen molar-refractivity contribution in [3.8, 4) is 0 Å². The van der Waals surface area contributed by atoms with Crippen LogP contribution >= 0.6 is 0 Å². The normalized spacial score (nSPS) is 16.4. The van der Waals surface area contributed by atoms with E-state index in [4.69, 9.17) is 23.4 Å². The maximum absolute atomic E-state index is 12.7. The van der Waals surface area contributed by atoms with Gasteiger partial charge in [0, 0.05) is 32.0 Å². The molecule has 15 nitrogen and oxygen atoms in total. The van der Waals surface area contributed by atoms with E-state index in [1.54, 1.807) is 23.4 Å². The molecule has 0 bridgehead atoms. The Morgan fingerprint density at radius 3 is 1.74 bits per heavy atom. The monoisotopic (exact) mass is 722 g/mol. The van der Waals surface area contributed by atoms with E-state index in [9.17, 15) is 19.2 Å². The van der Waals surface area contributed by atoms with Crippen LogP contribution in [0.25, 0.3) is 0 Å². The van der Waals surface area contributed by atoms with Crippen molar-refractivity contribution < 1.29 is 42.6 Å². The summed E-state index contributed by atoms with van der Waals surface area (Å²) >= 11 is 0. The van der Waals surface area contributed by atoms with Crippen LogP contribution in [0.15, 0.2) is 107 Å². The van der Waals surface area contributed by atoms with E-state index in [2.05, 4.69) is 20.3 Å². The second kappa shape index (κ2) is 17.6. The number of carboxylic acid groups (broad SMARTS) is 1. The summed E-state index contributed by atoms with van der Waals surface area (Å²) in [6, 6.07) is 21.7. The number of nitrogens with zero attached hydrogens (tertiary/aromatic N) is 5. The molecule has 2 fully saturated rings. The summed E-state index contributed by atoms with van der Waals surface area (Å²) < 4.78 is 21.5. The smallest absolute Gasteiger partial charge is 0.410 e. The SMILES string of the molecule is O=C(NCc1cccnc1)c1ncoc1[C@@H]1CCCN1C(=O)OCc1ccccc1.O=C(O)c1ncoc1[C@@H]1CCCN1C(=O)OCc1ccccc1. The van der Waals surface area contributed by atoms with Crippen LogP contribution in [0.5, 0.6) is 0 Å². The lowest BCUT2D eigenvalue weighted by atomic mass is 10.1. The average molecular weight is 723 g/mol. The molecule has 0 unspecified atom stereocenters. The topological polar surface area (TPSA) is 190 Å². The van der Waals surface area contributed by atoms with Gasteiger partial charge in [-0.25, -0.2) is 24.4 Å². The fraction of sp³-hybridized carbons (Fsp3) is 0.289. The van der Waals surface area contributed by atoms with Crippen molar-refractivity contribution in [2.24, 2.45) is 0 Å². The average Bonchev–Trinajstić information content (AvgIpc) is 4.03. The van der Waals surface area contributed by atoms with Gasteiger partial charge in [0.05, 0.1) is 12.1 Å². The van der Waals surface area contributed by atoms with Crippen molar-refractivity contribution in [1.29, 1.82) is 0 Å². The van der Waals surface area contributed by atoms with Crippen molar-refractivity contribution in [2.45, 2.75) is 57.5 Å². The number of hydrogen-bond donors (Lipinski definition) is 2. The molecule has 0 spiro atoms. The van der Waals surface area contributed by atoms with E-state index in [1.807, 2.05) is 66.7 Å². The predicted octanol–water partition coefficient (Wildman–Crippen LogP) is 6.32. The van der Waals surface area contributed by atoms with Crippen LogP contribution in [-0.2, 0) is 29.2 Å². The third kappa shape index (κ3) is 9.24. The highest BCUT2D eigenvalue weighted by Gasteiger charge is 2.38. The van der Waals surface area contributed by atoms with Gasteiger partial charge in [0.15, 0.2) is 35.7 Å². The summed E-state index contributed by atoms with van der Waals surface area (Å²) in [4.78, 5) is 63.7. The molecule has 0 aliphatic carbocycles. The van der Waals surface area contributed by atoms with Crippen LogP contribution in [0.4, 0.5) is 9.59 Å². The quantitative estimate of drug-likeness (QED) is 0.163. The molecular weight excluding hydrogens is 684 g/mol. The molecule has 7 rings (SSSR count). The van der Waals surface area contributed by atoms with E-state index in [1.165, 1.54) is 11.3 Å². The predicted molar refractivity (Wildman–Crippen MR) is 186 cm³/mol. The Bertz CT molecular complexity index is 1970. The first-order valence-electron chi connectivity index (χ1n) is 17.1. The van der Waals surface area contributed by atoms with Gasteiger partial charge < -0.3 is 28.7 Å². The zero-order valence-corrected chi connectivity index (χ0v) is 28.7. The summed E-state index contributed by atoms with van der Waals surface area (Å²) in [5, 5.41) is 12.0. The number of hydrogen-bond acceptors (Lipinski definition) is 11. The van der Waals surface area contributed by atoms with Crippen LogP contribution in [0.2, 0.25) is 0 Å². The first-order valence-corrected chi connectivity index (χ1v) is 17.1. The Kier molecular flexibility index (Phi) is 12.1. The highest BCUT2D eigenvalue weighted by Crippen LogP contribution is 2.35. The van der Waals surface area contributed by atoms with Gasteiger partial charge in [-0.15, -0.1) is 0 Å². The number of aromatic carboxylic acids is 1. The Balaban J connectivity index is 0.000000188. The first kappa shape index (κ1) is 36.3. The van der Waals surface area contributed by atoms with Gasteiger partial charge >= 0.3 is 18.2 Å². The molecular formula is C38H38N6O9. The zero-order valence-electron chi connectivity index (χ0n) is 28.7. The summed E-state index contributed by atoms with van der Waals surface area (Å²) in [6.45, 7) is 1.73. The van der Waals surface area contributed by atoms with Gasteiger partial charge in [0.1, 0.15) is 13.2 Å². The third-order valence-corrected chi connectivity index (χ3v) is 8.77. The minimum atomic E-state index is -1.17. The summed E-state index contributed by atoms with van der Waals surface area (Å²) in [7, 11) is 0. The number of oxazole rings is 2. The van der Waals surface area contributed by atoms with Crippen LogP contribution in [0, 0.1) is 0 Å². The molecule has 2 saturated heterocycles. The molecule has 5 aromatic rings. The molecule has 2 aromatic carbocycles. The van der Waals surface area contributed by atoms with Gasteiger partial charge in [-0.3, -0.25) is 19.6 Å². The lowest BCUT2D eigenvalue weighted by Gasteiger charge is -2.23. The Hall–Kier alpha value is -6.51. The number of pyridine rings is 1. The van der Waals surface area contributed by atoms with E-state index in [0.29, 0.717) is 38.2 Å². The van der Waals surface area contributed by atoms with Crippen LogP contribution < -0.4 is 5.32 Å². The number of aromatic nitrogens is 3. The van der Waals surface area contributed by atoms with Crippen LogP contribution in [-0.4, -0.2) is 67.0 Å². The number of carbonyl (C=O) groups is 4. The Morgan fingerprint density at radius 2 is 1.23 bits per heavy atom. The number of amides is 3. The van der Waals surface area contributed by atoms with Crippen LogP contribution in [0.3, 0.4) is 0 Å². The van der Waals surface area contributed by atoms with Gasteiger partial charge in [-0.2, -0.15) is 0 Å². The van der Waals surface area contributed by atoms with E-state index >= 15 is 0 Å². The number of nitrogens with one attached hydrogen (secondary N) is 1. The van der Waals surface area contributed by atoms with E-state index < -0.39 is 24.2 Å². The van der Waals surface area contributed by atoms with Crippen molar-refractivity contribution in [1.82, 2.24) is 30.1 Å². The second-order valence-electron chi connectivity index (χ2n) is 12.3. The molecule has 0 radical (unpaired) electrons. The van der Waals surface area contributed by atoms with E-state index in [-0.39, 0.29) is 42.3 Å². The van der Waals surface area contributed by atoms with Crippen molar-refractivity contribution >= 4 is 24.1 Å². The first-order chi connectivity index (χ1) is 25.9. The van der Waals surface area contributed by atoms with Gasteiger partial charge in [-0.1, -0.05) is 66.7 Å². The molecule has 0 saturated carbocycles. The Morgan fingerprint density at radius 1 is 0.717 bits per heavy atom. The van der Waals surface area contributed by atoms with Gasteiger partial charge in [-0.05, 0) is 48.4 Å². The minimum Gasteiger partial charge on any atom is -0.476 e. The number of ether oxygens (including phenoxy) is 2. The van der Waals surface area contributed by atoms with Crippen molar-refractivity contribution in [2.75, 3.05) is 13.1 Å². The maximum atomic E-state index is 12.7. The standard InChI is InChI=1S/C22H22N4O4.C16H16N2O5/c27-21(24-13-17-8-4-10-23-12-17)19-20(30-15-25-19)18-9-5-11-26(18)22(28)29-14-16-6-2-1-3-7-16;19-15(20)13-14(23-10-17-13)12-7-4-8-18(12)16(21)22-9-11-5-2-1-3-6-11/h1-4,6-8,10,12,15,18H,5,9,11,13-14H2,(H,24,27);1-3,5-6,10,12H,4,7-9H2,(H,19,20)/t18-;12-/m00/s1. The zero-order chi connectivity index (χ0) is 37.0. The van der Waals surface area contributed by atoms with Crippen molar-refractivity contribution in [3.05, 3.63) is 138 Å². The highest BCUT2D eigenvalue weighted by molar-refractivity contribution is 5.93. The summed E-state index contributed by atoms with van der Waals surface area (Å²) in [5.41, 5.74) is 2.71. The molecule has 3 aromatic heterocycles. The summed E-state index contributed by atoms with van der Waals surface area (Å²) in [5.74, 6) is -0.940. The number of carboxylic acids is 1. The largest absolute Gasteiger partial charge is 0.476 e. The van der Waals surface area contributed by atoms with E-state index in [0.717, 1.165) is 35.9 Å². The fourth-order valence-electron chi connectivity index (χ4n) is 6.20. The number of rotatable bonds is 10. The Labute approximate surface area is 304 Å². The molecule has 2 aliphatic rings. The van der Waals surface area contributed by atoms with Gasteiger partial charge in [0.2, 0.25) is 0 Å². The molecule has 2 N–H and O–H groups in total. The lowest BCUT2D eigenvalue weighted by Crippen LogP contribution is -2.32. The van der Waals surface area contributed by atoms with Crippen LogP contribution in [0.1, 0.15) is 87.0 Å². The number of likely N-dealkylation sites (tertiary alicyclic amines) is 2. The number of benzene rings is 2. The maximum Gasteiger partial charge on any atom is 0.410 e. The third-order valence-electron chi connectivity index (χ3n) is 8.77. The second-order valence-corrected chi connectivity index (χ2v) is 12.3. The summed E-state index contributed by atoms with van der Waals surface area (Å²) in [6.07, 6.45) is 7.62. The highest BCUT2D eigenvalue weighted by atomic mass is 16.6. The fourth-order valence-corrected chi connectivity index (χ4v) is 6.20. The molecule has 53 heavy (non-hydrogen) atoms. The van der Waals surface area contributed by atoms with Gasteiger partial charge in [0.25, 0.3) is 5.91 Å². The lowest BCUT2D eigenvalue weighted by molar-refractivity contribution is 0.0676.